The summed E-state index contributed by atoms with van der Waals surface area (Å²) in [6.07, 6.45) is -3.65. The number of hydrogen-bond acceptors (Lipinski definition) is 10. The fourth-order valence-corrected chi connectivity index (χ4v) is 6.92. The van der Waals surface area contributed by atoms with E-state index in [1.165, 1.54) is 0 Å². The van der Waals surface area contributed by atoms with Crippen molar-refractivity contribution in [1.82, 2.24) is 5.06 Å². The molecule has 3 fully saturated rings. The second-order valence-corrected chi connectivity index (χ2v) is 11.6. The van der Waals surface area contributed by atoms with E-state index in [2.05, 4.69) is 0 Å². The van der Waals surface area contributed by atoms with E-state index in [1.807, 2.05) is 30.3 Å². The molecule has 1 aromatic rings. The predicted octanol–water partition coefficient (Wildman–Crippen LogP) is 3.87. The van der Waals surface area contributed by atoms with Crippen molar-refractivity contribution in [3.8, 4) is 0 Å². The van der Waals surface area contributed by atoms with Crippen LogP contribution in [0, 0.1) is 0 Å². The molecule has 3 aliphatic heterocycles. The van der Waals surface area contributed by atoms with E-state index in [4.69, 9.17) is 32.7 Å². The van der Waals surface area contributed by atoms with Gasteiger partial charge in [0.1, 0.15) is 24.4 Å². The first-order valence-corrected chi connectivity index (χ1v) is 13.3. The predicted molar refractivity (Wildman–Crippen MR) is 121 cm³/mol. The second-order valence-electron chi connectivity index (χ2n) is 9.51. The number of nitrogens with zero attached hydrogens (tertiary/aromatic N) is 1. The maximum absolute atomic E-state index is 14.1. The summed E-state index contributed by atoms with van der Waals surface area (Å²) in [5, 5.41) is 12.3. The summed E-state index contributed by atoms with van der Waals surface area (Å²) in [6.45, 7) is 10.9. The Kier molecular flexibility index (Phi) is 7.59. The molecule has 3 saturated heterocycles. The number of ether oxygens (including phenoxy) is 5. The molecule has 1 N–H and O–H groups in total. The van der Waals surface area contributed by atoms with Crippen LogP contribution in [-0.2, 0) is 43.8 Å². The smallest absolute Gasteiger partial charge is 0.342 e. The zero-order chi connectivity index (χ0) is 24.7. The van der Waals surface area contributed by atoms with E-state index in [1.54, 1.807) is 41.5 Å². The first-order valence-electron chi connectivity index (χ1n) is 11.7. The van der Waals surface area contributed by atoms with Crippen molar-refractivity contribution in [1.29, 1.82) is 0 Å². The van der Waals surface area contributed by atoms with Crippen molar-refractivity contribution in [2.45, 2.75) is 96.2 Å². The van der Waals surface area contributed by atoms with E-state index in [0.717, 1.165) is 10.6 Å². The zero-order valence-corrected chi connectivity index (χ0v) is 21.5. The van der Waals surface area contributed by atoms with Gasteiger partial charge in [0.25, 0.3) is 0 Å². The molecular formula is C23H36NO9P. The Bertz CT molecular complexity index is 872. The molecule has 0 saturated carbocycles. The van der Waals surface area contributed by atoms with Crippen LogP contribution in [0.5, 0.6) is 0 Å². The minimum atomic E-state index is -3.93. The molecule has 6 atom stereocenters. The molecule has 4 rings (SSSR count). The van der Waals surface area contributed by atoms with Crippen molar-refractivity contribution >= 4 is 7.60 Å². The Morgan fingerprint density at radius 1 is 0.941 bits per heavy atom. The van der Waals surface area contributed by atoms with E-state index >= 15 is 0 Å². The SMILES string of the molecule is CCOP(=O)(OCC)[C@H]([C@H]1O[C@@H]2OC(C)(C)O[C@@H]2[C@H]2OC(C)(C)O[C@H]21)N(O)Cc1ccccc1. The lowest BCUT2D eigenvalue weighted by Gasteiger charge is -2.44. The van der Waals surface area contributed by atoms with E-state index in [-0.39, 0.29) is 19.8 Å². The van der Waals surface area contributed by atoms with Crippen LogP contribution < -0.4 is 0 Å². The molecule has 3 heterocycles. The molecule has 0 unspecified atom stereocenters. The lowest BCUT2D eigenvalue weighted by molar-refractivity contribution is -0.260. The highest BCUT2D eigenvalue weighted by molar-refractivity contribution is 7.54. The molecule has 11 heteroatoms. The van der Waals surface area contributed by atoms with Gasteiger partial charge in [-0.1, -0.05) is 30.3 Å². The van der Waals surface area contributed by atoms with Crippen molar-refractivity contribution in [3.63, 3.8) is 0 Å². The first-order chi connectivity index (χ1) is 16.0. The van der Waals surface area contributed by atoms with Crippen LogP contribution >= 0.6 is 7.60 Å². The molecule has 192 valence electrons. The summed E-state index contributed by atoms with van der Waals surface area (Å²) in [5.74, 6) is -3.08. The van der Waals surface area contributed by atoms with Crippen molar-refractivity contribution < 1.29 is 42.5 Å². The molecule has 1 aromatic carbocycles. The van der Waals surface area contributed by atoms with Crippen molar-refractivity contribution in [2.24, 2.45) is 0 Å². The highest BCUT2D eigenvalue weighted by atomic mass is 31.2. The number of benzene rings is 1. The quantitative estimate of drug-likeness (QED) is 0.396. The summed E-state index contributed by atoms with van der Waals surface area (Å²) in [4.78, 5) is 0. The van der Waals surface area contributed by atoms with Gasteiger partial charge in [-0.3, -0.25) is 4.57 Å². The molecule has 0 aliphatic carbocycles. The standard InChI is InChI=1S/C23H36NO9P/c1-7-27-34(26,28-8-2)20(24(25)14-15-12-10-9-11-13-15)18-16-17(31-22(3,4)30-16)19-21(29-18)33-23(5,6)32-19/h9-13,16-21,25H,7-8,14H2,1-6H3/t16-,17+,18+,19-,20-,21-/m1/s1. The van der Waals surface area contributed by atoms with Gasteiger partial charge in [0.15, 0.2) is 23.6 Å². The third-order valence-electron chi connectivity index (χ3n) is 5.92. The Morgan fingerprint density at radius 2 is 1.50 bits per heavy atom. The van der Waals surface area contributed by atoms with Crippen molar-refractivity contribution in [2.75, 3.05) is 13.2 Å². The summed E-state index contributed by atoms with van der Waals surface area (Å²) in [6, 6.07) is 9.34. The van der Waals surface area contributed by atoms with E-state index in [0.29, 0.717) is 0 Å². The van der Waals surface area contributed by atoms with Gasteiger partial charge < -0.3 is 37.9 Å². The topological polar surface area (TPSA) is 105 Å². The van der Waals surface area contributed by atoms with Crippen LogP contribution in [0.3, 0.4) is 0 Å². The van der Waals surface area contributed by atoms with Crippen LogP contribution in [-0.4, -0.2) is 71.5 Å². The minimum absolute atomic E-state index is 0.0636. The van der Waals surface area contributed by atoms with E-state index < -0.39 is 55.7 Å². The van der Waals surface area contributed by atoms with Gasteiger partial charge in [0.2, 0.25) is 0 Å². The Hall–Kier alpha value is -0.910. The molecule has 0 spiro atoms. The Morgan fingerprint density at radius 3 is 2.12 bits per heavy atom. The van der Waals surface area contributed by atoms with Crippen molar-refractivity contribution in [3.05, 3.63) is 35.9 Å². The Balaban J connectivity index is 1.73. The fraction of sp³-hybridized carbons (Fsp3) is 0.739. The zero-order valence-electron chi connectivity index (χ0n) is 20.6. The molecular weight excluding hydrogens is 465 g/mol. The van der Waals surface area contributed by atoms with Gasteiger partial charge in [-0.15, -0.1) is 0 Å². The normalized spacial score (nSPS) is 33.0. The van der Waals surface area contributed by atoms with Gasteiger partial charge in [-0.05, 0) is 47.1 Å². The van der Waals surface area contributed by atoms with Gasteiger partial charge in [0, 0.05) is 6.54 Å². The minimum Gasteiger partial charge on any atom is -0.342 e. The number of fused-ring (bicyclic) bond motifs is 3. The molecule has 0 radical (unpaired) electrons. The third kappa shape index (κ3) is 5.27. The number of hydroxylamine groups is 2. The van der Waals surface area contributed by atoms with Gasteiger partial charge in [-0.25, -0.2) is 0 Å². The van der Waals surface area contributed by atoms with Gasteiger partial charge in [-0.2, -0.15) is 5.06 Å². The fourth-order valence-electron chi connectivity index (χ4n) is 4.81. The molecule has 3 aliphatic rings. The summed E-state index contributed by atoms with van der Waals surface area (Å²) < 4.78 is 56.3. The average Bonchev–Trinajstić information content (AvgIpc) is 3.23. The van der Waals surface area contributed by atoms with Crippen LogP contribution in [0.1, 0.15) is 47.1 Å². The summed E-state index contributed by atoms with van der Waals surface area (Å²) in [7, 11) is -3.93. The average molecular weight is 502 g/mol. The van der Waals surface area contributed by atoms with Crippen LogP contribution in [0.15, 0.2) is 30.3 Å². The largest absolute Gasteiger partial charge is 0.352 e. The Labute approximate surface area is 200 Å². The third-order valence-corrected chi connectivity index (χ3v) is 8.36. The van der Waals surface area contributed by atoms with Gasteiger partial charge >= 0.3 is 7.60 Å². The summed E-state index contributed by atoms with van der Waals surface area (Å²) in [5.41, 5.74) is 0.810. The number of hydrogen-bond donors (Lipinski definition) is 1. The maximum atomic E-state index is 14.1. The lowest BCUT2D eigenvalue weighted by atomic mass is 9.98. The monoisotopic (exact) mass is 501 g/mol. The van der Waals surface area contributed by atoms with Gasteiger partial charge in [0.05, 0.1) is 13.2 Å². The first kappa shape index (κ1) is 26.2. The molecule has 34 heavy (non-hydrogen) atoms. The van der Waals surface area contributed by atoms with E-state index in [9.17, 15) is 9.77 Å². The van der Waals surface area contributed by atoms with Crippen LogP contribution in [0.25, 0.3) is 0 Å². The highest BCUT2D eigenvalue weighted by Gasteiger charge is 2.64. The number of rotatable bonds is 9. The molecule has 0 bridgehead atoms. The van der Waals surface area contributed by atoms with Crippen LogP contribution in [0.4, 0.5) is 0 Å². The summed E-state index contributed by atoms with van der Waals surface area (Å²) >= 11 is 0. The highest BCUT2D eigenvalue weighted by Crippen LogP contribution is 2.58. The second kappa shape index (κ2) is 9.86. The maximum Gasteiger partial charge on any atom is 0.352 e. The molecule has 0 amide bonds. The lowest BCUT2D eigenvalue weighted by Crippen LogP contribution is -2.61. The molecule has 10 nitrogen and oxygen atoms in total. The van der Waals surface area contributed by atoms with Crippen LogP contribution in [0.2, 0.25) is 0 Å². The molecule has 0 aromatic heterocycles.